The highest BCUT2D eigenvalue weighted by atomic mass is 79.9. The Bertz CT molecular complexity index is 276. The lowest BCUT2D eigenvalue weighted by molar-refractivity contribution is -0.0244. The van der Waals surface area contributed by atoms with Gasteiger partial charge in [-0.1, -0.05) is 6.07 Å². The number of aromatic nitrogens is 1. The zero-order chi connectivity index (χ0) is 9.19. The molecule has 0 atom stereocenters. The van der Waals surface area contributed by atoms with Gasteiger partial charge in [-0.2, -0.15) is 0 Å². The largest absolute Gasteiger partial charge is 0.294 e. The fourth-order valence-electron chi connectivity index (χ4n) is 0.899. The van der Waals surface area contributed by atoms with Gasteiger partial charge in [-0.05, 0) is 35.8 Å². The average Bonchev–Trinajstić information content (AvgIpc) is 2.05. The average molecular weight is 231 g/mol. The molecule has 1 aromatic rings. The van der Waals surface area contributed by atoms with Crippen molar-refractivity contribution in [1.82, 2.24) is 4.98 Å². The third-order valence-electron chi connectivity index (χ3n) is 1.70. The summed E-state index contributed by atoms with van der Waals surface area (Å²) in [7, 11) is 0. The molecule has 66 valence electrons. The molecule has 0 aromatic carbocycles. The van der Waals surface area contributed by atoms with E-state index in [9.17, 15) is 0 Å². The van der Waals surface area contributed by atoms with Gasteiger partial charge in [0.2, 0.25) is 0 Å². The minimum Gasteiger partial charge on any atom is -0.294 e. The summed E-state index contributed by atoms with van der Waals surface area (Å²) in [5, 5.41) is 0. The quantitative estimate of drug-likeness (QED) is 0.625. The van der Waals surface area contributed by atoms with Crippen LogP contribution in [0.15, 0.2) is 22.9 Å². The van der Waals surface area contributed by atoms with E-state index in [1.165, 1.54) is 0 Å². The minimum atomic E-state index is -0.507. The van der Waals surface area contributed by atoms with Crippen molar-refractivity contribution in [2.24, 2.45) is 5.90 Å². The van der Waals surface area contributed by atoms with E-state index in [4.69, 9.17) is 10.7 Å². The van der Waals surface area contributed by atoms with Gasteiger partial charge in [0.15, 0.2) is 0 Å². The lowest BCUT2D eigenvalue weighted by atomic mass is 10.0. The molecule has 0 saturated carbocycles. The standard InChI is InChI=1S/C8H11BrN2O/c1-8(2,12-10)6-4-3-5-11-7(6)9/h3-5H,10H2,1-2H3. The maximum Gasteiger partial charge on any atom is 0.112 e. The number of hydrogen-bond acceptors (Lipinski definition) is 3. The van der Waals surface area contributed by atoms with Gasteiger partial charge in [0.1, 0.15) is 10.2 Å². The van der Waals surface area contributed by atoms with Crippen molar-refractivity contribution in [3.05, 3.63) is 28.5 Å². The molecule has 0 aliphatic heterocycles. The van der Waals surface area contributed by atoms with E-state index in [1.807, 2.05) is 26.0 Å². The maximum atomic E-state index is 5.16. The predicted octanol–water partition coefficient (Wildman–Crippen LogP) is 1.97. The van der Waals surface area contributed by atoms with Crippen LogP contribution >= 0.6 is 15.9 Å². The van der Waals surface area contributed by atoms with Crippen LogP contribution in [0.4, 0.5) is 0 Å². The molecule has 0 aliphatic rings. The second kappa shape index (κ2) is 3.51. The monoisotopic (exact) mass is 230 g/mol. The Morgan fingerprint density at radius 1 is 1.58 bits per heavy atom. The topological polar surface area (TPSA) is 48.1 Å². The Morgan fingerprint density at radius 3 is 2.75 bits per heavy atom. The molecule has 2 N–H and O–H groups in total. The van der Waals surface area contributed by atoms with E-state index >= 15 is 0 Å². The van der Waals surface area contributed by atoms with Crippen LogP contribution in [0.5, 0.6) is 0 Å². The van der Waals surface area contributed by atoms with E-state index in [2.05, 4.69) is 20.9 Å². The van der Waals surface area contributed by atoms with Crippen molar-refractivity contribution < 1.29 is 4.84 Å². The smallest absolute Gasteiger partial charge is 0.112 e. The molecule has 1 rings (SSSR count). The molecule has 1 aromatic heterocycles. The van der Waals surface area contributed by atoms with Gasteiger partial charge in [-0.3, -0.25) is 4.84 Å². The Labute approximate surface area is 80.0 Å². The van der Waals surface area contributed by atoms with Crippen molar-refractivity contribution in [3.8, 4) is 0 Å². The van der Waals surface area contributed by atoms with Crippen molar-refractivity contribution in [2.45, 2.75) is 19.4 Å². The van der Waals surface area contributed by atoms with E-state index < -0.39 is 5.60 Å². The summed E-state index contributed by atoms with van der Waals surface area (Å²) in [4.78, 5) is 8.91. The Morgan fingerprint density at radius 2 is 2.25 bits per heavy atom. The Balaban J connectivity index is 3.10. The van der Waals surface area contributed by atoms with Crippen LogP contribution in [0.25, 0.3) is 0 Å². The lowest BCUT2D eigenvalue weighted by Gasteiger charge is -2.22. The molecule has 0 bridgehead atoms. The van der Waals surface area contributed by atoms with Crippen LogP contribution < -0.4 is 5.90 Å². The molecule has 0 amide bonds. The van der Waals surface area contributed by atoms with Crippen molar-refractivity contribution >= 4 is 15.9 Å². The summed E-state index contributed by atoms with van der Waals surface area (Å²) in [6.45, 7) is 3.77. The zero-order valence-electron chi connectivity index (χ0n) is 7.04. The number of halogens is 1. The molecule has 0 saturated heterocycles. The Hall–Kier alpha value is -0.450. The van der Waals surface area contributed by atoms with Crippen LogP contribution in [-0.4, -0.2) is 4.98 Å². The molecule has 0 fully saturated rings. The first kappa shape index (κ1) is 9.64. The number of nitrogens with two attached hydrogens (primary N) is 1. The second-order valence-corrected chi connectivity index (χ2v) is 3.72. The van der Waals surface area contributed by atoms with Crippen LogP contribution in [0.1, 0.15) is 19.4 Å². The van der Waals surface area contributed by atoms with Crippen molar-refractivity contribution in [1.29, 1.82) is 0 Å². The molecular formula is C8H11BrN2O. The normalized spacial score (nSPS) is 11.7. The second-order valence-electron chi connectivity index (χ2n) is 2.97. The zero-order valence-corrected chi connectivity index (χ0v) is 8.63. The minimum absolute atomic E-state index is 0.507. The van der Waals surface area contributed by atoms with Crippen molar-refractivity contribution in [2.75, 3.05) is 0 Å². The molecule has 1 heterocycles. The van der Waals surface area contributed by atoms with Gasteiger partial charge >= 0.3 is 0 Å². The van der Waals surface area contributed by atoms with Crippen LogP contribution in [0, 0.1) is 0 Å². The van der Waals surface area contributed by atoms with E-state index in [0.717, 1.165) is 10.2 Å². The Kier molecular flexibility index (Phi) is 2.82. The summed E-state index contributed by atoms with van der Waals surface area (Å²) in [5.41, 5.74) is 0.431. The summed E-state index contributed by atoms with van der Waals surface area (Å²) in [6.07, 6.45) is 1.71. The summed E-state index contributed by atoms with van der Waals surface area (Å²) in [6, 6.07) is 3.77. The van der Waals surface area contributed by atoms with Crippen molar-refractivity contribution in [3.63, 3.8) is 0 Å². The molecular weight excluding hydrogens is 220 g/mol. The molecule has 3 nitrogen and oxygen atoms in total. The summed E-state index contributed by atoms with van der Waals surface area (Å²) in [5.74, 6) is 5.16. The van der Waals surface area contributed by atoms with E-state index in [1.54, 1.807) is 6.20 Å². The van der Waals surface area contributed by atoms with E-state index in [0.29, 0.717) is 0 Å². The first-order chi connectivity index (χ1) is 5.58. The van der Waals surface area contributed by atoms with Crippen LogP contribution in [0.3, 0.4) is 0 Å². The number of nitrogens with zero attached hydrogens (tertiary/aromatic N) is 1. The van der Waals surface area contributed by atoms with Gasteiger partial charge in [0.25, 0.3) is 0 Å². The molecule has 0 unspecified atom stereocenters. The SMILES string of the molecule is CC(C)(ON)c1cccnc1Br. The van der Waals surface area contributed by atoms with Crippen LogP contribution in [0.2, 0.25) is 0 Å². The fourth-order valence-corrected chi connectivity index (χ4v) is 1.63. The van der Waals surface area contributed by atoms with Gasteiger partial charge in [-0.15, -0.1) is 0 Å². The highest BCUT2D eigenvalue weighted by Crippen LogP contribution is 2.27. The number of pyridine rings is 1. The number of hydrogen-bond donors (Lipinski definition) is 1. The lowest BCUT2D eigenvalue weighted by Crippen LogP contribution is -2.25. The highest BCUT2D eigenvalue weighted by Gasteiger charge is 2.23. The van der Waals surface area contributed by atoms with Gasteiger partial charge < -0.3 is 0 Å². The predicted molar refractivity (Wildman–Crippen MR) is 50.2 cm³/mol. The molecule has 0 radical (unpaired) electrons. The van der Waals surface area contributed by atoms with E-state index in [-0.39, 0.29) is 0 Å². The fraction of sp³-hybridized carbons (Fsp3) is 0.375. The third-order valence-corrected chi connectivity index (χ3v) is 2.33. The number of rotatable bonds is 2. The van der Waals surface area contributed by atoms with Gasteiger partial charge in [0.05, 0.1) is 0 Å². The maximum absolute atomic E-state index is 5.16. The summed E-state index contributed by atoms with van der Waals surface area (Å²) < 4.78 is 0.764. The van der Waals surface area contributed by atoms with Gasteiger partial charge in [-0.25, -0.2) is 10.9 Å². The molecule has 0 spiro atoms. The summed E-state index contributed by atoms with van der Waals surface area (Å²) >= 11 is 3.33. The first-order valence-electron chi connectivity index (χ1n) is 3.57. The van der Waals surface area contributed by atoms with Gasteiger partial charge in [0, 0.05) is 11.8 Å². The molecule has 12 heavy (non-hydrogen) atoms. The first-order valence-corrected chi connectivity index (χ1v) is 4.36. The third kappa shape index (κ3) is 1.83. The van der Waals surface area contributed by atoms with Crippen LogP contribution in [-0.2, 0) is 10.4 Å². The molecule has 0 aliphatic carbocycles. The molecule has 4 heteroatoms. The highest BCUT2D eigenvalue weighted by molar-refractivity contribution is 9.10.